The van der Waals surface area contributed by atoms with E-state index in [1.54, 1.807) is 18.2 Å². The Morgan fingerprint density at radius 1 is 1.53 bits per heavy atom. The molecule has 4 heteroatoms. The third-order valence-corrected chi connectivity index (χ3v) is 2.38. The van der Waals surface area contributed by atoms with Gasteiger partial charge in [-0.3, -0.25) is 0 Å². The number of aldehydes is 1. The molecule has 0 saturated carbocycles. The van der Waals surface area contributed by atoms with Gasteiger partial charge in [0.2, 0.25) is 0 Å². The maximum absolute atomic E-state index is 10.4. The molecule has 1 aromatic carbocycles. The summed E-state index contributed by atoms with van der Waals surface area (Å²) in [4.78, 5) is 13.5. The number of aromatic amines is 1. The van der Waals surface area contributed by atoms with Gasteiger partial charge < -0.3 is 20.6 Å². The van der Waals surface area contributed by atoms with Crippen molar-refractivity contribution in [3.05, 3.63) is 30.0 Å². The molecule has 4 nitrogen and oxygen atoms in total. The van der Waals surface area contributed by atoms with Crippen molar-refractivity contribution >= 4 is 17.2 Å². The van der Waals surface area contributed by atoms with Crippen LogP contribution in [0.5, 0.6) is 5.75 Å². The van der Waals surface area contributed by atoms with Crippen LogP contribution in [-0.4, -0.2) is 22.4 Å². The zero-order valence-electron chi connectivity index (χ0n) is 8.10. The van der Waals surface area contributed by atoms with Crippen molar-refractivity contribution in [1.29, 1.82) is 0 Å². The molecular weight excluding hydrogens is 192 g/mol. The number of nitrogens with one attached hydrogen (secondary N) is 1. The second kappa shape index (κ2) is 3.74. The number of H-pyrrole nitrogens is 1. The summed E-state index contributed by atoms with van der Waals surface area (Å²) in [6.45, 7) is 0. The summed E-state index contributed by atoms with van der Waals surface area (Å²) in [5.74, 6) is 0.211. The average molecular weight is 204 g/mol. The molecule has 0 fully saturated rings. The minimum atomic E-state index is -0.494. The highest BCUT2D eigenvalue weighted by Gasteiger charge is 2.08. The maximum atomic E-state index is 10.4. The summed E-state index contributed by atoms with van der Waals surface area (Å²) in [5, 5.41) is 10.3. The largest absolute Gasteiger partial charge is 0.508 e. The number of hydrogen-bond donors (Lipinski definition) is 3. The van der Waals surface area contributed by atoms with Gasteiger partial charge >= 0.3 is 0 Å². The first-order valence-electron chi connectivity index (χ1n) is 4.70. The SMILES string of the molecule is N[C@H](C=O)Cc1c[nH]c2ccc(O)cc12. The van der Waals surface area contributed by atoms with E-state index in [4.69, 9.17) is 5.73 Å². The number of nitrogens with two attached hydrogens (primary N) is 1. The maximum Gasteiger partial charge on any atom is 0.137 e. The van der Waals surface area contributed by atoms with Crippen LogP contribution in [0.25, 0.3) is 10.9 Å². The van der Waals surface area contributed by atoms with E-state index in [9.17, 15) is 9.90 Å². The summed E-state index contributed by atoms with van der Waals surface area (Å²) >= 11 is 0. The molecule has 2 rings (SSSR count). The monoisotopic (exact) mass is 204 g/mol. The van der Waals surface area contributed by atoms with Crippen molar-refractivity contribution in [2.24, 2.45) is 5.73 Å². The Kier molecular flexibility index (Phi) is 2.43. The molecule has 1 aromatic heterocycles. The highest BCUT2D eigenvalue weighted by Crippen LogP contribution is 2.23. The van der Waals surface area contributed by atoms with Gasteiger partial charge in [0.25, 0.3) is 0 Å². The number of hydrogen-bond acceptors (Lipinski definition) is 3. The van der Waals surface area contributed by atoms with E-state index in [1.165, 1.54) is 0 Å². The molecule has 0 aliphatic rings. The van der Waals surface area contributed by atoms with Crippen LogP contribution in [-0.2, 0) is 11.2 Å². The Hall–Kier alpha value is -1.81. The molecule has 15 heavy (non-hydrogen) atoms. The molecule has 1 heterocycles. The average Bonchev–Trinajstić information content (AvgIpc) is 2.61. The summed E-state index contributed by atoms with van der Waals surface area (Å²) < 4.78 is 0. The molecule has 0 saturated heterocycles. The molecular formula is C11H12N2O2. The summed E-state index contributed by atoms with van der Waals surface area (Å²) in [6.07, 6.45) is 3.02. The van der Waals surface area contributed by atoms with Crippen molar-refractivity contribution < 1.29 is 9.90 Å². The van der Waals surface area contributed by atoms with Gasteiger partial charge in [-0.25, -0.2) is 0 Å². The van der Waals surface area contributed by atoms with E-state index in [2.05, 4.69) is 4.98 Å². The Bertz CT molecular complexity index is 490. The number of aromatic nitrogens is 1. The van der Waals surface area contributed by atoms with Crippen LogP contribution in [0.15, 0.2) is 24.4 Å². The lowest BCUT2D eigenvalue weighted by Gasteiger charge is -2.02. The first kappa shape index (κ1) is 9.73. The molecule has 0 radical (unpaired) electrons. The molecule has 0 aliphatic heterocycles. The molecule has 0 amide bonds. The van der Waals surface area contributed by atoms with Crippen LogP contribution in [0.3, 0.4) is 0 Å². The van der Waals surface area contributed by atoms with Gasteiger partial charge in [0.1, 0.15) is 12.0 Å². The van der Waals surface area contributed by atoms with Crippen molar-refractivity contribution in [2.45, 2.75) is 12.5 Å². The van der Waals surface area contributed by atoms with Crippen molar-refractivity contribution in [1.82, 2.24) is 4.98 Å². The van der Waals surface area contributed by atoms with Crippen LogP contribution < -0.4 is 5.73 Å². The Balaban J connectivity index is 2.43. The molecule has 4 N–H and O–H groups in total. The quantitative estimate of drug-likeness (QED) is 0.651. The highest BCUT2D eigenvalue weighted by atomic mass is 16.3. The molecule has 0 unspecified atom stereocenters. The third-order valence-electron chi connectivity index (χ3n) is 2.38. The fraction of sp³-hybridized carbons (Fsp3) is 0.182. The van der Waals surface area contributed by atoms with Crippen LogP contribution in [0.1, 0.15) is 5.56 Å². The Morgan fingerprint density at radius 3 is 3.07 bits per heavy atom. The van der Waals surface area contributed by atoms with Crippen molar-refractivity contribution in [3.63, 3.8) is 0 Å². The molecule has 78 valence electrons. The highest BCUT2D eigenvalue weighted by molar-refractivity contribution is 5.85. The van der Waals surface area contributed by atoms with Crippen LogP contribution in [0.4, 0.5) is 0 Å². The van der Waals surface area contributed by atoms with Crippen molar-refractivity contribution in [3.8, 4) is 5.75 Å². The number of carbonyl (C=O) groups is 1. The summed E-state index contributed by atoms with van der Waals surface area (Å²) in [5.41, 5.74) is 7.43. The number of rotatable bonds is 3. The molecule has 1 atom stereocenters. The van der Waals surface area contributed by atoms with Gasteiger partial charge in [-0.05, 0) is 30.2 Å². The minimum absolute atomic E-state index is 0.211. The van der Waals surface area contributed by atoms with Crippen LogP contribution in [0.2, 0.25) is 0 Å². The zero-order chi connectivity index (χ0) is 10.8. The van der Waals surface area contributed by atoms with E-state index in [-0.39, 0.29) is 5.75 Å². The number of carbonyl (C=O) groups excluding carboxylic acids is 1. The Morgan fingerprint density at radius 2 is 2.33 bits per heavy atom. The number of aromatic hydroxyl groups is 1. The lowest BCUT2D eigenvalue weighted by Crippen LogP contribution is -2.23. The minimum Gasteiger partial charge on any atom is -0.508 e. The fourth-order valence-corrected chi connectivity index (χ4v) is 1.64. The lowest BCUT2D eigenvalue weighted by molar-refractivity contribution is -0.108. The van der Waals surface area contributed by atoms with E-state index < -0.39 is 6.04 Å². The fourth-order valence-electron chi connectivity index (χ4n) is 1.64. The van der Waals surface area contributed by atoms with Crippen molar-refractivity contribution in [2.75, 3.05) is 0 Å². The number of benzene rings is 1. The Labute approximate surface area is 86.7 Å². The zero-order valence-corrected chi connectivity index (χ0v) is 8.10. The van der Waals surface area contributed by atoms with Crippen LogP contribution in [0, 0.1) is 0 Å². The topological polar surface area (TPSA) is 79.1 Å². The summed E-state index contributed by atoms with van der Waals surface area (Å²) in [7, 11) is 0. The first-order chi connectivity index (χ1) is 7.20. The number of phenols is 1. The number of phenolic OH excluding ortho intramolecular Hbond substituents is 1. The normalized spacial score (nSPS) is 12.9. The first-order valence-corrected chi connectivity index (χ1v) is 4.70. The predicted octanol–water partition coefficient (Wildman–Crippen LogP) is 0.942. The van der Waals surface area contributed by atoms with Gasteiger partial charge in [0.05, 0.1) is 6.04 Å². The second-order valence-corrected chi connectivity index (χ2v) is 3.55. The van der Waals surface area contributed by atoms with Gasteiger partial charge in [-0.15, -0.1) is 0 Å². The molecule has 0 aliphatic carbocycles. The smallest absolute Gasteiger partial charge is 0.137 e. The predicted molar refractivity (Wildman–Crippen MR) is 57.7 cm³/mol. The standard InChI is InChI=1S/C11H12N2O2/c12-8(6-14)3-7-5-13-11-2-1-9(15)4-10(7)11/h1-2,4-6,8,13,15H,3,12H2/t8-/m0/s1. The van der Waals surface area contributed by atoms with Crippen LogP contribution >= 0.6 is 0 Å². The summed E-state index contributed by atoms with van der Waals surface area (Å²) in [6, 6.07) is 4.58. The van der Waals surface area contributed by atoms with Gasteiger partial charge in [-0.2, -0.15) is 0 Å². The third kappa shape index (κ3) is 1.85. The van der Waals surface area contributed by atoms with E-state index in [0.29, 0.717) is 6.42 Å². The van der Waals surface area contributed by atoms with E-state index >= 15 is 0 Å². The molecule has 0 spiro atoms. The van der Waals surface area contributed by atoms with E-state index in [0.717, 1.165) is 22.8 Å². The molecule has 2 aromatic rings. The lowest BCUT2D eigenvalue weighted by atomic mass is 10.1. The number of fused-ring (bicyclic) bond motifs is 1. The van der Waals surface area contributed by atoms with Gasteiger partial charge in [0.15, 0.2) is 0 Å². The molecule has 0 bridgehead atoms. The van der Waals surface area contributed by atoms with Gasteiger partial charge in [0, 0.05) is 17.1 Å². The van der Waals surface area contributed by atoms with E-state index in [1.807, 2.05) is 6.20 Å². The second-order valence-electron chi connectivity index (χ2n) is 3.55. The van der Waals surface area contributed by atoms with Gasteiger partial charge in [-0.1, -0.05) is 0 Å².